The number of carbonyl (C=O) groups excluding carboxylic acids is 1. The molecule has 1 heterocycles. The first kappa shape index (κ1) is 14.0. The van der Waals surface area contributed by atoms with Crippen LogP contribution in [-0.4, -0.2) is 26.8 Å². The molecule has 0 saturated carbocycles. The molecule has 0 bridgehead atoms. The normalized spacial score (nSPS) is 10.4. The van der Waals surface area contributed by atoms with E-state index in [-0.39, 0.29) is 12.2 Å². The van der Waals surface area contributed by atoms with Crippen LogP contribution < -0.4 is 11.2 Å². The zero-order valence-electron chi connectivity index (χ0n) is 10.6. The Morgan fingerprint density at radius 2 is 2.00 bits per heavy atom. The van der Waals surface area contributed by atoms with E-state index in [0.717, 1.165) is 9.13 Å². The highest BCUT2D eigenvalue weighted by molar-refractivity contribution is 5.69. The molecule has 0 amide bonds. The molecule has 0 aliphatic carbocycles. The second kappa shape index (κ2) is 5.52. The maximum atomic E-state index is 11.7. The third kappa shape index (κ3) is 2.61. The maximum absolute atomic E-state index is 11.7. The number of ether oxygens (including phenoxy) is 1. The van der Waals surface area contributed by atoms with Crippen LogP contribution in [0.1, 0.15) is 18.9 Å². The van der Waals surface area contributed by atoms with E-state index >= 15 is 0 Å². The minimum Gasteiger partial charge on any atom is -0.494 e. The average Bonchev–Trinajstić information content (AvgIpc) is 2.36. The summed E-state index contributed by atoms with van der Waals surface area (Å²) < 4.78 is 6.47. The molecule has 18 heavy (non-hydrogen) atoms. The Balaban J connectivity index is 3.15. The number of hydrogen-bond donors (Lipinski definition) is 1. The molecule has 1 N–H and O–H groups in total. The highest BCUT2D eigenvalue weighted by Gasteiger charge is 2.16. The van der Waals surface area contributed by atoms with E-state index in [0.29, 0.717) is 6.42 Å². The Labute approximate surface area is 103 Å². The van der Waals surface area contributed by atoms with Crippen molar-refractivity contribution in [2.45, 2.75) is 26.8 Å². The number of esters is 1. The first-order valence-electron chi connectivity index (χ1n) is 5.55. The van der Waals surface area contributed by atoms with Gasteiger partial charge in [-0.25, -0.2) is 4.79 Å². The number of aromatic hydroxyl groups is 1. The molecule has 0 aromatic carbocycles. The first-order chi connectivity index (χ1) is 8.40. The van der Waals surface area contributed by atoms with Gasteiger partial charge in [0.2, 0.25) is 5.88 Å². The SMILES string of the molecule is CCCOC(=O)Cn1c(O)c(C)c(=O)n(C)c1=O. The standard InChI is InChI=1S/C11H16N2O5/c1-4-5-18-8(14)6-13-10(16)7(2)9(15)12(3)11(13)17/h16H,4-6H2,1-3H3. The fraction of sp³-hybridized carbons (Fsp3) is 0.545. The van der Waals surface area contributed by atoms with Gasteiger partial charge < -0.3 is 9.84 Å². The highest BCUT2D eigenvalue weighted by atomic mass is 16.5. The van der Waals surface area contributed by atoms with Gasteiger partial charge in [0.25, 0.3) is 5.56 Å². The summed E-state index contributed by atoms with van der Waals surface area (Å²) in [5, 5.41) is 9.70. The molecule has 0 atom stereocenters. The Bertz CT molecular complexity index is 570. The van der Waals surface area contributed by atoms with Crippen molar-refractivity contribution in [3.8, 4) is 5.88 Å². The number of hydrogen-bond acceptors (Lipinski definition) is 5. The van der Waals surface area contributed by atoms with Gasteiger partial charge in [-0.2, -0.15) is 0 Å². The Morgan fingerprint density at radius 3 is 2.56 bits per heavy atom. The van der Waals surface area contributed by atoms with E-state index in [9.17, 15) is 19.5 Å². The molecule has 1 aromatic heterocycles. The second-order valence-electron chi connectivity index (χ2n) is 3.90. The zero-order chi connectivity index (χ0) is 13.9. The molecule has 100 valence electrons. The molecular formula is C11H16N2O5. The van der Waals surface area contributed by atoms with Crippen LogP contribution in [0.5, 0.6) is 5.88 Å². The van der Waals surface area contributed by atoms with Gasteiger partial charge in [0.15, 0.2) is 0 Å². The molecule has 0 fully saturated rings. The van der Waals surface area contributed by atoms with Gasteiger partial charge in [-0.1, -0.05) is 6.92 Å². The number of rotatable bonds is 4. The van der Waals surface area contributed by atoms with E-state index in [1.165, 1.54) is 14.0 Å². The van der Waals surface area contributed by atoms with Crippen LogP contribution >= 0.6 is 0 Å². The number of carbonyl (C=O) groups is 1. The van der Waals surface area contributed by atoms with Crippen LogP contribution in [0.3, 0.4) is 0 Å². The average molecular weight is 256 g/mol. The molecule has 1 aromatic rings. The van der Waals surface area contributed by atoms with Crippen molar-refractivity contribution in [1.82, 2.24) is 9.13 Å². The molecule has 7 nitrogen and oxygen atoms in total. The van der Waals surface area contributed by atoms with Crippen molar-refractivity contribution < 1.29 is 14.6 Å². The highest BCUT2D eigenvalue weighted by Crippen LogP contribution is 2.08. The smallest absolute Gasteiger partial charge is 0.334 e. The minimum absolute atomic E-state index is 0.0143. The zero-order valence-corrected chi connectivity index (χ0v) is 10.6. The first-order valence-corrected chi connectivity index (χ1v) is 5.55. The van der Waals surface area contributed by atoms with Crippen molar-refractivity contribution in [2.75, 3.05) is 6.61 Å². The Kier molecular flexibility index (Phi) is 4.30. The van der Waals surface area contributed by atoms with Gasteiger partial charge in [-0.3, -0.25) is 18.7 Å². The number of nitrogens with zero attached hydrogens (tertiary/aromatic N) is 2. The fourth-order valence-corrected chi connectivity index (χ4v) is 1.44. The quantitative estimate of drug-likeness (QED) is 0.734. The summed E-state index contributed by atoms with van der Waals surface area (Å²) in [7, 11) is 1.28. The van der Waals surface area contributed by atoms with Gasteiger partial charge in [-0.15, -0.1) is 0 Å². The maximum Gasteiger partial charge on any atom is 0.334 e. The van der Waals surface area contributed by atoms with Gasteiger partial charge in [0.1, 0.15) is 6.54 Å². The van der Waals surface area contributed by atoms with Crippen LogP contribution in [0.25, 0.3) is 0 Å². The Hall–Kier alpha value is -2.05. The molecule has 1 rings (SSSR count). The summed E-state index contributed by atoms with van der Waals surface area (Å²) in [6.45, 7) is 3.05. The van der Waals surface area contributed by atoms with Gasteiger partial charge in [0, 0.05) is 7.05 Å². The molecule has 0 saturated heterocycles. The van der Waals surface area contributed by atoms with Crippen molar-refractivity contribution in [3.63, 3.8) is 0 Å². The van der Waals surface area contributed by atoms with Crippen LogP contribution in [0, 0.1) is 6.92 Å². The van der Waals surface area contributed by atoms with E-state index in [2.05, 4.69) is 0 Å². The lowest BCUT2D eigenvalue weighted by Gasteiger charge is -2.11. The Morgan fingerprint density at radius 1 is 1.39 bits per heavy atom. The van der Waals surface area contributed by atoms with Gasteiger partial charge >= 0.3 is 11.7 Å². The van der Waals surface area contributed by atoms with E-state index in [4.69, 9.17) is 4.74 Å². The van der Waals surface area contributed by atoms with E-state index in [1.54, 1.807) is 0 Å². The molecule has 0 radical (unpaired) electrons. The summed E-state index contributed by atoms with van der Waals surface area (Å²) >= 11 is 0. The van der Waals surface area contributed by atoms with Crippen LogP contribution in [0.2, 0.25) is 0 Å². The summed E-state index contributed by atoms with van der Waals surface area (Å²) in [6.07, 6.45) is 0.666. The van der Waals surface area contributed by atoms with Gasteiger partial charge in [-0.05, 0) is 13.3 Å². The monoisotopic (exact) mass is 256 g/mol. The van der Waals surface area contributed by atoms with Crippen LogP contribution in [0.15, 0.2) is 9.59 Å². The second-order valence-corrected chi connectivity index (χ2v) is 3.90. The minimum atomic E-state index is -0.753. The summed E-state index contributed by atoms with van der Waals surface area (Å²) in [5.74, 6) is -1.14. The van der Waals surface area contributed by atoms with E-state index < -0.39 is 29.6 Å². The summed E-state index contributed by atoms with van der Waals surface area (Å²) in [4.78, 5) is 34.6. The lowest BCUT2D eigenvalue weighted by atomic mass is 10.3. The number of aromatic nitrogens is 2. The summed E-state index contributed by atoms with van der Waals surface area (Å²) in [5.41, 5.74) is -1.33. The molecular weight excluding hydrogens is 240 g/mol. The predicted octanol–water partition coefficient (Wildman–Crippen LogP) is -0.486. The van der Waals surface area contributed by atoms with Crippen molar-refractivity contribution >= 4 is 5.97 Å². The fourth-order valence-electron chi connectivity index (χ4n) is 1.44. The summed E-state index contributed by atoms with van der Waals surface area (Å²) in [6, 6.07) is 0. The largest absolute Gasteiger partial charge is 0.494 e. The van der Waals surface area contributed by atoms with Crippen molar-refractivity contribution in [3.05, 3.63) is 26.4 Å². The van der Waals surface area contributed by atoms with Crippen LogP contribution in [-0.2, 0) is 23.1 Å². The molecule has 0 spiro atoms. The molecule has 0 unspecified atom stereocenters. The van der Waals surface area contributed by atoms with Crippen LogP contribution in [0.4, 0.5) is 0 Å². The lowest BCUT2D eigenvalue weighted by Crippen LogP contribution is -2.40. The third-order valence-corrected chi connectivity index (χ3v) is 2.49. The van der Waals surface area contributed by atoms with Gasteiger partial charge in [0.05, 0.1) is 12.2 Å². The predicted molar refractivity (Wildman–Crippen MR) is 63.6 cm³/mol. The molecule has 7 heteroatoms. The van der Waals surface area contributed by atoms with E-state index in [1.807, 2.05) is 6.92 Å². The molecule has 0 aliphatic rings. The third-order valence-electron chi connectivity index (χ3n) is 2.49. The van der Waals surface area contributed by atoms with Crippen molar-refractivity contribution in [1.29, 1.82) is 0 Å². The topological polar surface area (TPSA) is 90.5 Å². The molecule has 0 aliphatic heterocycles. The van der Waals surface area contributed by atoms with Crippen molar-refractivity contribution in [2.24, 2.45) is 7.05 Å². The lowest BCUT2D eigenvalue weighted by molar-refractivity contribution is -0.144.